The summed E-state index contributed by atoms with van der Waals surface area (Å²) >= 11 is 0. The number of aromatic nitrogens is 2. The Bertz CT molecular complexity index is 984. The van der Waals surface area contributed by atoms with Crippen molar-refractivity contribution in [1.29, 1.82) is 0 Å². The van der Waals surface area contributed by atoms with Crippen LogP contribution in [0.1, 0.15) is 49.2 Å². The molecule has 31 heavy (non-hydrogen) atoms. The Balaban J connectivity index is 1.62. The number of benzene rings is 1. The number of amides is 2. The van der Waals surface area contributed by atoms with Crippen LogP contribution in [0.15, 0.2) is 30.6 Å². The Labute approximate surface area is 177 Å². The largest absolute Gasteiger partial charge is 0.421 e. The number of fused-ring (bicyclic) bond motifs is 1. The van der Waals surface area contributed by atoms with E-state index in [4.69, 9.17) is 0 Å². The second-order valence-electron chi connectivity index (χ2n) is 8.52. The molecule has 1 fully saturated rings. The molecule has 0 radical (unpaired) electrons. The van der Waals surface area contributed by atoms with Crippen molar-refractivity contribution in [2.45, 2.75) is 57.3 Å². The number of carbonyl (C=O) groups excluding carboxylic acids is 1. The van der Waals surface area contributed by atoms with Gasteiger partial charge in [0.25, 0.3) is 0 Å². The third-order valence-electron chi connectivity index (χ3n) is 6.32. The minimum absolute atomic E-state index is 0.125. The van der Waals surface area contributed by atoms with E-state index in [9.17, 15) is 28.2 Å². The lowest BCUT2D eigenvalue weighted by Gasteiger charge is -2.38. The van der Waals surface area contributed by atoms with Crippen molar-refractivity contribution in [1.82, 2.24) is 14.5 Å². The van der Waals surface area contributed by atoms with Crippen LogP contribution in [0.25, 0.3) is 0 Å². The Morgan fingerprint density at radius 1 is 1.26 bits per heavy atom. The number of nitrogens with zero attached hydrogens (tertiary/aromatic N) is 4. The molecule has 1 aliphatic carbocycles. The summed E-state index contributed by atoms with van der Waals surface area (Å²) in [6.07, 6.45) is -1.14. The number of carbonyl (C=O) groups is 1. The maximum Gasteiger partial charge on any atom is 0.421 e. The Morgan fingerprint density at radius 2 is 1.97 bits per heavy atom. The Kier molecular flexibility index (Phi) is 5.25. The molecule has 1 saturated carbocycles. The zero-order valence-corrected chi connectivity index (χ0v) is 17.3. The smallest absolute Gasteiger partial charge is 0.376 e. The molecule has 7 nitrogen and oxygen atoms in total. The van der Waals surface area contributed by atoms with Crippen LogP contribution < -0.4 is 4.90 Å². The van der Waals surface area contributed by atoms with Crippen molar-refractivity contribution < 1.29 is 28.2 Å². The fourth-order valence-corrected chi connectivity index (χ4v) is 4.02. The predicted molar refractivity (Wildman–Crippen MR) is 106 cm³/mol. The molecule has 2 atom stereocenters. The maximum atomic E-state index is 13.2. The summed E-state index contributed by atoms with van der Waals surface area (Å²) in [6.45, 7) is 1.26. The first-order chi connectivity index (χ1) is 14.5. The molecule has 2 aromatic rings. The van der Waals surface area contributed by atoms with E-state index in [2.05, 4.69) is 4.98 Å². The third kappa shape index (κ3) is 3.67. The lowest BCUT2D eigenvalue weighted by molar-refractivity contribution is -0.258. The van der Waals surface area contributed by atoms with Gasteiger partial charge >= 0.3 is 12.2 Å². The van der Waals surface area contributed by atoms with E-state index in [1.165, 1.54) is 34.4 Å². The zero-order chi connectivity index (χ0) is 22.6. The molecule has 0 spiro atoms. The summed E-state index contributed by atoms with van der Waals surface area (Å²) in [6, 6.07) is 4.82. The molecule has 1 aliphatic heterocycles. The highest BCUT2D eigenvalue weighted by Crippen LogP contribution is 2.40. The molecule has 2 aliphatic rings. The van der Waals surface area contributed by atoms with E-state index < -0.39 is 24.0 Å². The number of aliphatic hydroxyl groups excluding tert-OH is 1. The molecule has 2 unspecified atom stereocenters. The van der Waals surface area contributed by atoms with Gasteiger partial charge in [-0.1, -0.05) is 30.7 Å². The first kappa shape index (κ1) is 21.6. The van der Waals surface area contributed by atoms with Gasteiger partial charge in [0.2, 0.25) is 0 Å². The van der Waals surface area contributed by atoms with Crippen molar-refractivity contribution in [2.24, 2.45) is 5.92 Å². The normalized spacial score (nSPS) is 21.6. The molecule has 0 saturated heterocycles. The van der Waals surface area contributed by atoms with Crippen LogP contribution >= 0.6 is 0 Å². The minimum atomic E-state index is -4.85. The summed E-state index contributed by atoms with van der Waals surface area (Å²) in [5.74, 6) is 0.880. The number of hydrogen-bond acceptors (Lipinski definition) is 4. The van der Waals surface area contributed by atoms with E-state index >= 15 is 0 Å². The van der Waals surface area contributed by atoms with E-state index in [1.807, 2.05) is 4.57 Å². The molecule has 168 valence electrons. The number of halogens is 3. The number of hydrogen-bond donors (Lipinski definition) is 2. The van der Waals surface area contributed by atoms with Crippen molar-refractivity contribution >= 4 is 11.8 Å². The number of imidazole rings is 1. The van der Waals surface area contributed by atoms with E-state index in [0.29, 0.717) is 36.5 Å². The average molecular weight is 438 g/mol. The van der Waals surface area contributed by atoms with Crippen LogP contribution in [0.5, 0.6) is 0 Å². The molecular weight excluding hydrogens is 413 g/mol. The average Bonchev–Trinajstić information content (AvgIpc) is 3.10. The van der Waals surface area contributed by atoms with Crippen LogP contribution in [0.2, 0.25) is 0 Å². The predicted octanol–water partition coefficient (Wildman–Crippen LogP) is 3.52. The van der Waals surface area contributed by atoms with Crippen LogP contribution in [0.3, 0.4) is 0 Å². The van der Waals surface area contributed by atoms with Gasteiger partial charge in [-0.2, -0.15) is 13.2 Å². The lowest BCUT2D eigenvalue weighted by atomic mass is 9.85. The topological polar surface area (TPSA) is 81.8 Å². The van der Waals surface area contributed by atoms with Crippen LogP contribution in [-0.4, -0.2) is 43.9 Å². The standard InChI is InChI=1S/C21H25F3N4O3/c1-20(31,21(22,23)24)15-8-4-7-14(9-15)11-28-18(29)16-17(26(2)19(28)30)25-12-27(16)10-13-5-3-6-13/h4,7-9,12-13,18,29,31H,3,5-6,10-11H2,1-2H3. The van der Waals surface area contributed by atoms with E-state index in [-0.39, 0.29) is 12.1 Å². The summed E-state index contributed by atoms with van der Waals surface area (Å²) in [5.41, 5.74) is -2.51. The highest BCUT2D eigenvalue weighted by molar-refractivity contribution is 5.93. The Hall–Kier alpha value is -2.59. The molecule has 2 amide bonds. The van der Waals surface area contributed by atoms with Crippen molar-refractivity contribution in [2.75, 3.05) is 11.9 Å². The second kappa shape index (κ2) is 7.52. The van der Waals surface area contributed by atoms with Crippen molar-refractivity contribution in [3.8, 4) is 0 Å². The fourth-order valence-electron chi connectivity index (χ4n) is 4.02. The van der Waals surface area contributed by atoms with Gasteiger partial charge in [0.05, 0.1) is 12.9 Å². The molecule has 4 rings (SSSR count). The minimum Gasteiger partial charge on any atom is -0.376 e. The number of urea groups is 1. The van der Waals surface area contributed by atoms with Crippen molar-refractivity contribution in [3.63, 3.8) is 0 Å². The number of rotatable bonds is 5. The molecule has 1 aromatic carbocycles. The molecular formula is C21H25F3N4O3. The quantitative estimate of drug-likeness (QED) is 0.749. The fraction of sp³-hybridized carbons (Fsp3) is 0.524. The zero-order valence-electron chi connectivity index (χ0n) is 17.3. The number of alkyl halides is 3. The molecule has 10 heteroatoms. The highest BCUT2D eigenvalue weighted by Gasteiger charge is 2.51. The van der Waals surface area contributed by atoms with Gasteiger partial charge in [-0.3, -0.25) is 9.80 Å². The lowest BCUT2D eigenvalue weighted by Crippen LogP contribution is -2.48. The maximum absolute atomic E-state index is 13.2. The van der Waals surface area contributed by atoms with Gasteiger partial charge < -0.3 is 14.8 Å². The molecule has 2 heterocycles. The van der Waals surface area contributed by atoms with Crippen LogP contribution in [0, 0.1) is 5.92 Å². The SMILES string of the molecule is CN1C(=O)N(Cc2cccc(C(C)(O)C(F)(F)F)c2)C(O)c2c1ncn2CC1CCC1. The third-order valence-corrected chi connectivity index (χ3v) is 6.32. The first-order valence-corrected chi connectivity index (χ1v) is 10.2. The monoisotopic (exact) mass is 438 g/mol. The van der Waals surface area contributed by atoms with Gasteiger partial charge in [-0.25, -0.2) is 9.78 Å². The second-order valence-corrected chi connectivity index (χ2v) is 8.52. The van der Waals surface area contributed by atoms with Gasteiger partial charge in [-0.05, 0) is 36.8 Å². The summed E-state index contributed by atoms with van der Waals surface area (Å²) < 4.78 is 41.5. The number of aliphatic hydroxyl groups is 2. The molecule has 1 aromatic heterocycles. The molecule has 2 N–H and O–H groups in total. The van der Waals surface area contributed by atoms with Crippen LogP contribution in [-0.2, 0) is 18.7 Å². The van der Waals surface area contributed by atoms with Crippen molar-refractivity contribution in [3.05, 3.63) is 47.4 Å². The van der Waals surface area contributed by atoms with Gasteiger partial charge in [-0.15, -0.1) is 0 Å². The molecule has 0 bridgehead atoms. The first-order valence-electron chi connectivity index (χ1n) is 10.2. The summed E-state index contributed by atoms with van der Waals surface area (Å²) in [5, 5.41) is 21.0. The Morgan fingerprint density at radius 3 is 2.58 bits per heavy atom. The van der Waals surface area contributed by atoms with Gasteiger partial charge in [0, 0.05) is 13.6 Å². The summed E-state index contributed by atoms with van der Waals surface area (Å²) in [4.78, 5) is 19.7. The number of anilines is 1. The highest BCUT2D eigenvalue weighted by atomic mass is 19.4. The van der Waals surface area contributed by atoms with E-state index in [0.717, 1.165) is 12.8 Å². The summed E-state index contributed by atoms with van der Waals surface area (Å²) in [7, 11) is 1.55. The van der Waals surface area contributed by atoms with Crippen LogP contribution in [0.4, 0.5) is 23.8 Å². The van der Waals surface area contributed by atoms with Gasteiger partial charge in [0.15, 0.2) is 17.6 Å². The van der Waals surface area contributed by atoms with E-state index in [1.54, 1.807) is 19.4 Å². The van der Waals surface area contributed by atoms with Gasteiger partial charge in [0.1, 0.15) is 5.69 Å².